The second-order valence-electron chi connectivity index (χ2n) is 10.1. The largest absolute Gasteiger partial charge is 0.481 e. The fourth-order valence-electron chi connectivity index (χ4n) is 4.76. The predicted molar refractivity (Wildman–Crippen MR) is 125 cm³/mol. The van der Waals surface area contributed by atoms with E-state index < -0.39 is 11.1 Å². The molecule has 0 saturated heterocycles. The number of esters is 1. The number of hydrogen-bond donors (Lipinski definition) is 1. The molecule has 1 aliphatic heterocycles. The Morgan fingerprint density at radius 1 is 1.18 bits per heavy atom. The minimum Gasteiger partial charge on any atom is -0.481 e. The summed E-state index contributed by atoms with van der Waals surface area (Å²) in [5, 5.41) is 1.87. The standard InChI is InChI=1S/C26H30N4O3/c1-14-22-18(24(31)33-25(14,2)3)9-8-16(30-22)10-17-11-19-20(12-28-17)23(32-5)29-13-21(19)26(4,27)15-6-7-15/h8-9,11-15H,6-7,10,27H2,1-5H3/t14-,26+/m1/s1. The van der Waals surface area contributed by atoms with Crippen LogP contribution in [-0.4, -0.2) is 33.6 Å². The molecule has 1 saturated carbocycles. The number of carbonyl (C=O) groups is 1. The van der Waals surface area contributed by atoms with Gasteiger partial charge in [0.1, 0.15) is 5.60 Å². The summed E-state index contributed by atoms with van der Waals surface area (Å²) in [4.78, 5) is 26.4. The van der Waals surface area contributed by atoms with Crippen molar-refractivity contribution in [2.45, 2.75) is 64.0 Å². The Morgan fingerprint density at radius 3 is 2.64 bits per heavy atom. The number of cyclic esters (lactones) is 1. The van der Waals surface area contributed by atoms with Crippen LogP contribution in [0.5, 0.6) is 5.88 Å². The molecule has 2 atom stereocenters. The van der Waals surface area contributed by atoms with E-state index in [2.05, 4.69) is 23.0 Å². The van der Waals surface area contributed by atoms with E-state index in [0.717, 1.165) is 46.3 Å². The van der Waals surface area contributed by atoms with Gasteiger partial charge in [-0.2, -0.15) is 0 Å². The molecule has 0 radical (unpaired) electrons. The molecule has 3 aromatic rings. The fourth-order valence-corrected chi connectivity index (χ4v) is 4.76. The predicted octanol–water partition coefficient (Wildman–Crippen LogP) is 4.26. The molecule has 0 amide bonds. The van der Waals surface area contributed by atoms with Gasteiger partial charge in [-0.15, -0.1) is 0 Å². The van der Waals surface area contributed by atoms with Crippen LogP contribution < -0.4 is 10.5 Å². The van der Waals surface area contributed by atoms with Crippen molar-refractivity contribution in [2.75, 3.05) is 7.11 Å². The number of ether oxygens (including phenoxy) is 2. The molecule has 0 bridgehead atoms. The number of pyridine rings is 3. The molecule has 172 valence electrons. The van der Waals surface area contributed by atoms with Crippen LogP contribution in [0.2, 0.25) is 0 Å². The van der Waals surface area contributed by atoms with Crippen LogP contribution in [0, 0.1) is 5.92 Å². The molecule has 7 heteroatoms. The van der Waals surface area contributed by atoms with Gasteiger partial charge in [-0.05, 0) is 68.7 Å². The Hall–Kier alpha value is -3.06. The van der Waals surface area contributed by atoms with Crippen LogP contribution >= 0.6 is 0 Å². The summed E-state index contributed by atoms with van der Waals surface area (Å²) in [5.41, 5.74) is 9.80. The van der Waals surface area contributed by atoms with E-state index in [1.54, 1.807) is 7.11 Å². The highest BCUT2D eigenvalue weighted by molar-refractivity contribution is 5.92. The van der Waals surface area contributed by atoms with Crippen LogP contribution in [0.1, 0.15) is 79.5 Å². The van der Waals surface area contributed by atoms with E-state index >= 15 is 0 Å². The Bertz CT molecular complexity index is 1260. The molecule has 2 N–H and O–H groups in total. The number of hydrogen-bond acceptors (Lipinski definition) is 7. The molecule has 5 rings (SSSR count). The molecule has 1 fully saturated rings. The SMILES string of the molecule is COc1ncc([C@@](C)(N)C2CC2)c2cc(Cc3ccc4c(n3)[C@@H](C)C(C)(C)OC4=O)ncc12. The highest BCUT2D eigenvalue weighted by atomic mass is 16.6. The summed E-state index contributed by atoms with van der Waals surface area (Å²) >= 11 is 0. The van der Waals surface area contributed by atoms with Crippen molar-refractivity contribution in [1.82, 2.24) is 15.0 Å². The summed E-state index contributed by atoms with van der Waals surface area (Å²) in [6.45, 7) is 7.97. The minimum atomic E-state index is -0.593. The first kappa shape index (κ1) is 21.8. The molecule has 1 aliphatic carbocycles. The third kappa shape index (κ3) is 3.64. The van der Waals surface area contributed by atoms with Crippen LogP contribution in [0.3, 0.4) is 0 Å². The van der Waals surface area contributed by atoms with Crippen LogP contribution in [-0.2, 0) is 16.7 Å². The molecule has 4 heterocycles. The summed E-state index contributed by atoms with van der Waals surface area (Å²) < 4.78 is 11.1. The second kappa shape index (κ2) is 7.48. The third-order valence-electron chi connectivity index (χ3n) is 7.36. The Labute approximate surface area is 193 Å². The molecule has 0 spiro atoms. The van der Waals surface area contributed by atoms with Gasteiger partial charge in [0.15, 0.2) is 0 Å². The van der Waals surface area contributed by atoms with Crippen molar-refractivity contribution < 1.29 is 14.3 Å². The van der Waals surface area contributed by atoms with Crippen molar-refractivity contribution in [3.8, 4) is 5.88 Å². The average Bonchev–Trinajstić information content (AvgIpc) is 3.62. The quantitative estimate of drug-likeness (QED) is 0.585. The van der Waals surface area contributed by atoms with Crippen LogP contribution in [0.15, 0.2) is 30.6 Å². The average molecular weight is 447 g/mol. The Balaban J connectivity index is 1.55. The number of nitrogens with zero attached hydrogens (tertiary/aromatic N) is 3. The maximum Gasteiger partial charge on any atom is 0.340 e. The van der Waals surface area contributed by atoms with E-state index in [0.29, 0.717) is 23.8 Å². The van der Waals surface area contributed by atoms with Crippen LogP contribution in [0.25, 0.3) is 10.8 Å². The number of aromatic nitrogens is 3. The minimum absolute atomic E-state index is 0.00635. The van der Waals surface area contributed by atoms with Gasteiger partial charge in [0.25, 0.3) is 0 Å². The van der Waals surface area contributed by atoms with Crippen molar-refractivity contribution in [3.63, 3.8) is 0 Å². The van der Waals surface area contributed by atoms with Gasteiger partial charge in [0, 0.05) is 41.7 Å². The van der Waals surface area contributed by atoms with Crippen LogP contribution in [0.4, 0.5) is 0 Å². The van der Waals surface area contributed by atoms with Gasteiger partial charge in [-0.3, -0.25) is 9.97 Å². The molecule has 3 aromatic heterocycles. The smallest absolute Gasteiger partial charge is 0.340 e. The number of methoxy groups -OCH3 is 1. The maximum absolute atomic E-state index is 12.4. The summed E-state index contributed by atoms with van der Waals surface area (Å²) in [6, 6.07) is 5.77. The Kier molecular flexibility index (Phi) is 4.94. The monoisotopic (exact) mass is 446 g/mol. The van der Waals surface area contributed by atoms with Gasteiger partial charge >= 0.3 is 5.97 Å². The first-order valence-electron chi connectivity index (χ1n) is 11.5. The highest BCUT2D eigenvalue weighted by Crippen LogP contribution is 2.46. The number of carbonyl (C=O) groups excluding carboxylic acids is 1. The normalized spacial score (nSPS) is 21.3. The zero-order valence-electron chi connectivity index (χ0n) is 19.8. The lowest BCUT2D eigenvalue weighted by Gasteiger charge is -2.36. The second-order valence-corrected chi connectivity index (χ2v) is 10.1. The zero-order valence-corrected chi connectivity index (χ0v) is 19.8. The molecule has 0 unspecified atom stereocenters. The first-order chi connectivity index (χ1) is 15.6. The van der Waals surface area contributed by atoms with E-state index in [1.165, 1.54) is 0 Å². The van der Waals surface area contributed by atoms with Gasteiger partial charge in [0.2, 0.25) is 5.88 Å². The summed E-state index contributed by atoms with van der Waals surface area (Å²) in [7, 11) is 1.61. The first-order valence-corrected chi connectivity index (χ1v) is 11.5. The van der Waals surface area contributed by atoms with Gasteiger partial charge < -0.3 is 15.2 Å². The van der Waals surface area contributed by atoms with E-state index in [1.807, 2.05) is 45.3 Å². The number of nitrogens with two attached hydrogens (primary N) is 1. The van der Waals surface area contributed by atoms with Gasteiger partial charge in [0.05, 0.1) is 23.8 Å². The molecule has 33 heavy (non-hydrogen) atoms. The molecular weight excluding hydrogens is 416 g/mol. The summed E-state index contributed by atoms with van der Waals surface area (Å²) in [6.07, 6.45) is 6.46. The highest BCUT2D eigenvalue weighted by Gasteiger charge is 2.41. The lowest BCUT2D eigenvalue weighted by molar-refractivity contribution is -0.0190. The number of rotatable bonds is 5. The topological polar surface area (TPSA) is 100 Å². The lowest BCUT2D eigenvalue weighted by atomic mass is 9.84. The number of fused-ring (bicyclic) bond motifs is 2. The molecular formula is C26H30N4O3. The fraction of sp³-hybridized carbons (Fsp3) is 0.462. The van der Waals surface area contributed by atoms with Crippen molar-refractivity contribution in [2.24, 2.45) is 11.7 Å². The summed E-state index contributed by atoms with van der Waals surface area (Å²) in [5.74, 6) is 0.677. The Morgan fingerprint density at radius 2 is 1.94 bits per heavy atom. The zero-order chi connectivity index (χ0) is 23.5. The van der Waals surface area contributed by atoms with E-state index in [9.17, 15) is 4.79 Å². The lowest BCUT2D eigenvalue weighted by Crippen LogP contribution is -2.39. The van der Waals surface area contributed by atoms with Crippen molar-refractivity contribution in [3.05, 3.63) is 58.8 Å². The van der Waals surface area contributed by atoms with Gasteiger partial charge in [-0.25, -0.2) is 9.78 Å². The molecule has 0 aromatic carbocycles. The van der Waals surface area contributed by atoms with Crippen molar-refractivity contribution in [1.29, 1.82) is 0 Å². The molecule has 7 nitrogen and oxygen atoms in total. The van der Waals surface area contributed by atoms with Crippen molar-refractivity contribution >= 4 is 16.7 Å². The van der Waals surface area contributed by atoms with E-state index in [-0.39, 0.29) is 11.9 Å². The maximum atomic E-state index is 12.4. The molecule has 2 aliphatic rings. The van der Waals surface area contributed by atoms with Gasteiger partial charge in [-0.1, -0.05) is 6.92 Å². The third-order valence-corrected chi connectivity index (χ3v) is 7.36. The van der Waals surface area contributed by atoms with E-state index in [4.69, 9.17) is 20.2 Å².